The van der Waals surface area contributed by atoms with Crippen molar-refractivity contribution >= 4 is 21.5 Å². The van der Waals surface area contributed by atoms with Gasteiger partial charge in [0, 0.05) is 12.1 Å². The molecule has 7 nitrogen and oxygen atoms in total. The standard InChI is InChI=1S/C14H25N2O5PSi/c1-6-20-22(19,21-7-2)14(15-23(3,4)5)12-8-10-13(11-9-12)16(17)18/h8-11,14-15H,6-7H2,1-5H3. The number of rotatable bonds is 9. The summed E-state index contributed by atoms with van der Waals surface area (Å²) in [5.41, 5.74) is 0.645. The second kappa shape index (κ2) is 8.17. The molecule has 1 atom stereocenters. The Morgan fingerprint density at radius 2 is 1.65 bits per heavy atom. The Balaban J connectivity index is 3.28. The average molecular weight is 360 g/mol. The Labute approximate surface area is 138 Å². The Morgan fingerprint density at radius 3 is 2.00 bits per heavy atom. The van der Waals surface area contributed by atoms with Crippen LogP contribution in [0.3, 0.4) is 0 Å². The first-order chi connectivity index (χ1) is 10.6. The zero-order valence-corrected chi connectivity index (χ0v) is 16.1. The van der Waals surface area contributed by atoms with Crippen LogP contribution < -0.4 is 4.98 Å². The molecular weight excluding hydrogens is 335 g/mol. The second-order valence-corrected chi connectivity index (χ2v) is 12.9. The largest absolute Gasteiger partial charge is 0.351 e. The summed E-state index contributed by atoms with van der Waals surface area (Å²) in [7, 11) is -5.26. The minimum atomic E-state index is -3.43. The summed E-state index contributed by atoms with van der Waals surface area (Å²) in [6, 6.07) is 5.99. The van der Waals surface area contributed by atoms with Gasteiger partial charge in [0.25, 0.3) is 5.69 Å². The van der Waals surface area contributed by atoms with Gasteiger partial charge in [-0.15, -0.1) is 0 Å². The maximum absolute atomic E-state index is 13.2. The molecule has 1 N–H and O–H groups in total. The summed E-state index contributed by atoms with van der Waals surface area (Å²) >= 11 is 0. The predicted molar refractivity (Wildman–Crippen MR) is 93.2 cm³/mol. The predicted octanol–water partition coefficient (Wildman–Crippen LogP) is 4.28. The monoisotopic (exact) mass is 360 g/mol. The van der Waals surface area contributed by atoms with E-state index in [1.54, 1.807) is 26.0 Å². The minimum Gasteiger partial charge on any atom is -0.321 e. The van der Waals surface area contributed by atoms with Crippen LogP contribution in [0.1, 0.15) is 25.2 Å². The van der Waals surface area contributed by atoms with Gasteiger partial charge in [0.15, 0.2) is 0 Å². The van der Waals surface area contributed by atoms with E-state index < -0.39 is 26.5 Å². The number of nitrogens with one attached hydrogen (secondary N) is 1. The third kappa shape index (κ3) is 5.82. The lowest BCUT2D eigenvalue weighted by Gasteiger charge is -2.32. The van der Waals surface area contributed by atoms with Crippen molar-refractivity contribution in [3.63, 3.8) is 0 Å². The summed E-state index contributed by atoms with van der Waals surface area (Å²) in [6.07, 6.45) is 0. The highest BCUT2D eigenvalue weighted by atomic mass is 31.2. The van der Waals surface area contributed by atoms with Gasteiger partial charge in [-0.3, -0.25) is 14.7 Å². The van der Waals surface area contributed by atoms with E-state index in [2.05, 4.69) is 24.6 Å². The number of hydrogen-bond acceptors (Lipinski definition) is 6. The maximum Gasteiger partial charge on any atom is 0.351 e. The molecule has 0 aromatic heterocycles. The van der Waals surface area contributed by atoms with E-state index >= 15 is 0 Å². The van der Waals surface area contributed by atoms with Gasteiger partial charge in [0.2, 0.25) is 0 Å². The molecule has 0 saturated carbocycles. The van der Waals surface area contributed by atoms with Gasteiger partial charge in [0.05, 0.1) is 18.1 Å². The van der Waals surface area contributed by atoms with Crippen molar-refractivity contribution in [3.8, 4) is 0 Å². The number of hydrogen-bond donors (Lipinski definition) is 1. The number of nitrogens with zero attached hydrogens (tertiary/aromatic N) is 1. The molecule has 0 heterocycles. The zero-order chi connectivity index (χ0) is 17.7. The van der Waals surface area contributed by atoms with Crippen molar-refractivity contribution in [1.29, 1.82) is 0 Å². The van der Waals surface area contributed by atoms with Crippen LogP contribution in [0.25, 0.3) is 0 Å². The summed E-state index contributed by atoms with van der Waals surface area (Å²) in [4.78, 5) is 13.7. The fourth-order valence-electron chi connectivity index (χ4n) is 2.08. The highest BCUT2D eigenvalue weighted by Crippen LogP contribution is 2.60. The normalized spacial score (nSPS) is 13.8. The molecule has 1 rings (SSSR count). The molecule has 0 spiro atoms. The molecule has 0 amide bonds. The van der Waals surface area contributed by atoms with Crippen LogP contribution in [0, 0.1) is 10.1 Å². The first-order valence-corrected chi connectivity index (χ1v) is 12.6. The van der Waals surface area contributed by atoms with Crippen LogP contribution in [-0.2, 0) is 13.6 Å². The van der Waals surface area contributed by atoms with Crippen LogP contribution >= 0.6 is 7.60 Å². The van der Waals surface area contributed by atoms with Gasteiger partial charge in [0.1, 0.15) is 14.0 Å². The van der Waals surface area contributed by atoms with Crippen molar-refractivity contribution in [1.82, 2.24) is 4.98 Å². The number of benzene rings is 1. The molecule has 0 saturated heterocycles. The SMILES string of the molecule is CCOP(=O)(OCC)C(N[Si](C)(C)C)c1ccc([N+](=O)[O-])cc1. The van der Waals surface area contributed by atoms with E-state index in [4.69, 9.17) is 9.05 Å². The van der Waals surface area contributed by atoms with Crippen LogP contribution in [0.15, 0.2) is 24.3 Å². The molecule has 0 aliphatic rings. The molecule has 0 radical (unpaired) electrons. The molecule has 0 bridgehead atoms. The topological polar surface area (TPSA) is 90.7 Å². The summed E-state index contributed by atoms with van der Waals surface area (Å²) < 4.78 is 24.1. The van der Waals surface area contributed by atoms with Gasteiger partial charge >= 0.3 is 7.60 Å². The third-order valence-corrected chi connectivity index (χ3v) is 6.62. The highest BCUT2D eigenvalue weighted by molar-refractivity contribution is 7.54. The molecular formula is C14H25N2O5PSi. The van der Waals surface area contributed by atoms with Crippen LogP contribution in [0.5, 0.6) is 0 Å². The lowest BCUT2D eigenvalue weighted by molar-refractivity contribution is -0.384. The summed E-state index contributed by atoms with van der Waals surface area (Å²) in [5.74, 6) is -0.644. The van der Waals surface area contributed by atoms with Crippen molar-refractivity contribution in [3.05, 3.63) is 39.9 Å². The van der Waals surface area contributed by atoms with Gasteiger partial charge in [-0.2, -0.15) is 0 Å². The first-order valence-electron chi connectivity index (χ1n) is 7.53. The van der Waals surface area contributed by atoms with Crippen molar-refractivity contribution in [2.45, 2.75) is 39.3 Å². The molecule has 1 unspecified atom stereocenters. The minimum absolute atomic E-state index is 0.0110. The van der Waals surface area contributed by atoms with Gasteiger partial charge in [-0.25, -0.2) is 0 Å². The van der Waals surface area contributed by atoms with Crippen molar-refractivity contribution < 1.29 is 18.5 Å². The Kier molecular flexibility index (Phi) is 7.10. The van der Waals surface area contributed by atoms with Crippen LogP contribution in [0.4, 0.5) is 5.69 Å². The van der Waals surface area contributed by atoms with Crippen molar-refractivity contribution in [2.24, 2.45) is 0 Å². The van der Waals surface area contributed by atoms with Gasteiger partial charge in [-0.1, -0.05) is 19.6 Å². The number of non-ortho nitro benzene ring substituents is 1. The zero-order valence-electron chi connectivity index (χ0n) is 14.2. The average Bonchev–Trinajstić information content (AvgIpc) is 2.44. The first kappa shape index (κ1) is 20.0. The van der Waals surface area contributed by atoms with E-state index in [-0.39, 0.29) is 18.9 Å². The molecule has 0 fully saturated rings. The highest BCUT2D eigenvalue weighted by Gasteiger charge is 2.39. The maximum atomic E-state index is 13.2. The second-order valence-electron chi connectivity index (χ2n) is 6.02. The van der Waals surface area contributed by atoms with E-state index in [1.165, 1.54) is 12.1 Å². The lowest BCUT2D eigenvalue weighted by Crippen LogP contribution is -2.44. The Bertz CT molecular complexity index is 564. The molecule has 0 aliphatic heterocycles. The van der Waals surface area contributed by atoms with E-state index in [0.29, 0.717) is 5.56 Å². The number of nitro benzene ring substituents is 1. The quantitative estimate of drug-likeness (QED) is 0.306. The van der Waals surface area contributed by atoms with E-state index in [0.717, 1.165) is 0 Å². The van der Waals surface area contributed by atoms with E-state index in [1.807, 2.05) is 0 Å². The van der Waals surface area contributed by atoms with Crippen LogP contribution in [0.2, 0.25) is 19.6 Å². The Hall–Kier alpha value is -1.05. The molecule has 1 aromatic carbocycles. The molecule has 130 valence electrons. The van der Waals surface area contributed by atoms with Gasteiger partial charge < -0.3 is 14.0 Å². The number of nitro groups is 1. The molecule has 0 aliphatic carbocycles. The third-order valence-electron chi connectivity index (χ3n) is 2.92. The molecule has 9 heteroatoms. The Morgan fingerprint density at radius 1 is 1.17 bits per heavy atom. The van der Waals surface area contributed by atoms with Gasteiger partial charge in [-0.05, 0) is 31.5 Å². The smallest absolute Gasteiger partial charge is 0.321 e. The fourth-order valence-corrected chi connectivity index (χ4v) is 6.49. The molecule has 1 aromatic rings. The van der Waals surface area contributed by atoms with Crippen molar-refractivity contribution in [2.75, 3.05) is 13.2 Å². The van der Waals surface area contributed by atoms with E-state index in [9.17, 15) is 14.7 Å². The summed E-state index contributed by atoms with van der Waals surface area (Å²) in [6.45, 7) is 10.3. The van der Waals surface area contributed by atoms with Crippen LogP contribution in [-0.4, -0.2) is 26.4 Å². The molecule has 23 heavy (non-hydrogen) atoms. The fraction of sp³-hybridized carbons (Fsp3) is 0.571. The lowest BCUT2D eigenvalue weighted by atomic mass is 10.2. The summed E-state index contributed by atoms with van der Waals surface area (Å²) in [5, 5.41) is 10.8.